The van der Waals surface area contributed by atoms with E-state index in [1.54, 1.807) is 26.2 Å². The molecule has 0 saturated heterocycles. The molecular weight excluding hydrogens is 246 g/mol. The number of nitrogens with one attached hydrogen (secondary N) is 1. The molecule has 1 rings (SSSR count). The summed E-state index contributed by atoms with van der Waals surface area (Å²) in [6, 6.07) is 3.63. The molecule has 19 heavy (non-hydrogen) atoms. The van der Waals surface area contributed by atoms with Crippen molar-refractivity contribution < 1.29 is 19.1 Å². The zero-order valence-corrected chi connectivity index (χ0v) is 11.4. The lowest BCUT2D eigenvalue weighted by atomic mass is 9.79. The fraction of sp³-hybridized carbons (Fsp3) is 0.571. The van der Waals surface area contributed by atoms with Crippen LogP contribution >= 0.6 is 0 Å². The minimum Gasteiger partial charge on any atom is -0.481 e. The Bertz CT molecular complexity index is 407. The fourth-order valence-corrected chi connectivity index (χ4v) is 2.03. The molecule has 0 aliphatic carbocycles. The van der Waals surface area contributed by atoms with Gasteiger partial charge in [0.15, 0.2) is 0 Å². The van der Waals surface area contributed by atoms with Crippen molar-refractivity contribution >= 4 is 11.9 Å². The smallest absolute Gasteiger partial charge is 0.310 e. The van der Waals surface area contributed by atoms with Crippen molar-refractivity contribution in [1.29, 1.82) is 0 Å². The lowest BCUT2D eigenvalue weighted by Crippen LogP contribution is -2.37. The van der Waals surface area contributed by atoms with E-state index in [0.29, 0.717) is 25.8 Å². The van der Waals surface area contributed by atoms with Gasteiger partial charge in [0.25, 0.3) is 0 Å². The first-order valence-electron chi connectivity index (χ1n) is 6.56. The molecule has 1 amide bonds. The average molecular weight is 267 g/mol. The largest absolute Gasteiger partial charge is 0.481 e. The van der Waals surface area contributed by atoms with E-state index in [9.17, 15) is 14.7 Å². The van der Waals surface area contributed by atoms with E-state index in [1.807, 2.05) is 6.07 Å². The van der Waals surface area contributed by atoms with E-state index in [4.69, 9.17) is 4.42 Å². The summed E-state index contributed by atoms with van der Waals surface area (Å²) in [5.41, 5.74) is -0.950. The van der Waals surface area contributed by atoms with Gasteiger partial charge in [0.2, 0.25) is 5.91 Å². The van der Waals surface area contributed by atoms with Gasteiger partial charge < -0.3 is 14.8 Å². The van der Waals surface area contributed by atoms with Crippen LogP contribution in [0.25, 0.3) is 0 Å². The summed E-state index contributed by atoms with van der Waals surface area (Å²) in [4.78, 5) is 23.1. The molecule has 2 N–H and O–H groups in total. The number of hydrogen-bond acceptors (Lipinski definition) is 3. The van der Waals surface area contributed by atoms with E-state index in [-0.39, 0.29) is 12.3 Å². The number of hydrogen-bond donors (Lipinski definition) is 2. The Morgan fingerprint density at radius 2 is 2.05 bits per heavy atom. The summed E-state index contributed by atoms with van der Waals surface area (Å²) in [7, 11) is 0. The third-order valence-electron chi connectivity index (χ3n) is 3.58. The number of carboxylic acid groups (broad SMARTS) is 1. The lowest BCUT2D eigenvalue weighted by molar-refractivity contribution is -0.152. The number of rotatable bonds is 8. The number of amides is 1. The lowest BCUT2D eigenvalue weighted by Gasteiger charge is -2.25. The van der Waals surface area contributed by atoms with E-state index < -0.39 is 11.4 Å². The van der Waals surface area contributed by atoms with Crippen molar-refractivity contribution in [3.8, 4) is 0 Å². The minimum absolute atomic E-state index is 0.0213. The Labute approximate surface area is 113 Å². The maximum Gasteiger partial charge on any atom is 0.310 e. The van der Waals surface area contributed by atoms with Gasteiger partial charge in [0.05, 0.1) is 11.7 Å². The normalized spacial score (nSPS) is 11.3. The quantitative estimate of drug-likeness (QED) is 0.757. The Balaban J connectivity index is 2.43. The summed E-state index contributed by atoms with van der Waals surface area (Å²) in [5, 5.41) is 12.0. The molecule has 1 aromatic rings. The van der Waals surface area contributed by atoms with Gasteiger partial charge in [-0.2, -0.15) is 0 Å². The van der Waals surface area contributed by atoms with Crippen LogP contribution in [0.3, 0.4) is 0 Å². The second kappa shape index (κ2) is 6.97. The van der Waals surface area contributed by atoms with Crippen LogP contribution in [0.1, 0.15) is 38.9 Å². The fourth-order valence-electron chi connectivity index (χ4n) is 2.03. The second-order valence-corrected chi connectivity index (χ2v) is 4.65. The molecule has 1 aromatic heterocycles. The predicted octanol–water partition coefficient (Wildman–Crippen LogP) is 2.22. The standard InChI is InChI=1S/C14H21NO4/c1-3-14(4-2,13(17)18)10-12(16)15-8-7-11-6-5-9-19-11/h5-6,9H,3-4,7-8,10H2,1-2H3,(H,15,16)(H,17,18). The SMILES string of the molecule is CCC(CC)(CC(=O)NCCc1ccco1)C(=O)O. The third-order valence-corrected chi connectivity index (χ3v) is 3.58. The van der Waals surface area contributed by atoms with Crippen LogP contribution in [0.15, 0.2) is 22.8 Å². The average Bonchev–Trinajstić information content (AvgIpc) is 2.89. The van der Waals surface area contributed by atoms with Crippen LogP contribution in [0.5, 0.6) is 0 Å². The number of furan rings is 1. The van der Waals surface area contributed by atoms with E-state index in [1.165, 1.54) is 0 Å². The molecule has 1 heterocycles. The summed E-state index contributed by atoms with van der Waals surface area (Å²) in [6.45, 7) is 4.05. The molecular formula is C14H21NO4. The molecule has 5 heteroatoms. The van der Waals surface area contributed by atoms with Crippen LogP contribution in [-0.4, -0.2) is 23.5 Å². The van der Waals surface area contributed by atoms with E-state index in [0.717, 1.165) is 5.76 Å². The van der Waals surface area contributed by atoms with Gasteiger partial charge in [0.1, 0.15) is 5.76 Å². The van der Waals surface area contributed by atoms with Gasteiger partial charge in [0, 0.05) is 19.4 Å². The highest BCUT2D eigenvalue weighted by molar-refractivity contribution is 5.84. The molecule has 0 radical (unpaired) electrons. The molecule has 0 aliphatic rings. The maximum atomic E-state index is 11.8. The molecule has 0 unspecified atom stereocenters. The highest BCUT2D eigenvalue weighted by Crippen LogP contribution is 2.30. The Morgan fingerprint density at radius 3 is 2.53 bits per heavy atom. The first-order chi connectivity index (χ1) is 9.04. The topological polar surface area (TPSA) is 79.5 Å². The van der Waals surface area contributed by atoms with Crippen molar-refractivity contribution in [2.24, 2.45) is 5.41 Å². The van der Waals surface area contributed by atoms with E-state index in [2.05, 4.69) is 5.32 Å². The van der Waals surface area contributed by atoms with Gasteiger partial charge in [-0.1, -0.05) is 13.8 Å². The number of carbonyl (C=O) groups excluding carboxylic acids is 1. The van der Waals surface area contributed by atoms with Crippen LogP contribution in [0, 0.1) is 5.41 Å². The number of carboxylic acids is 1. The molecule has 0 saturated carbocycles. The molecule has 106 valence electrons. The van der Waals surface area contributed by atoms with Crippen LogP contribution in [0.2, 0.25) is 0 Å². The van der Waals surface area contributed by atoms with Crippen molar-refractivity contribution in [2.75, 3.05) is 6.54 Å². The van der Waals surface area contributed by atoms with Crippen molar-refractivity contribution in [3.63, 3.8) is 0 Å². The van der Waals surface area contributed by atoms with Crippen LogP contribution in [-0.2, 0) is 16.0 Å². The van der Waals surface area contributed by atoms with Crippen molar-refractivity contribution in [3.05, 3.63) is 24.2 Å². The molecule has 0 atom stereocenters. The predicted molar refractivity (Wildman–Crippen MR) is 70.7 cm³/mol. The summed E-state index contributed by atoms with van der Waals surface area (Å²) < 4.78 is 5.15. The van der Waals surface area contributed by atoms with Crippen molar-refractivity contribution in [1.82, 2.24) is 5.32 Å². The Morgan fingerprint density at radius 1 is 1.37 bits per heavy atom. The third kappa shape index (κ3) is 4.12. The molecule has 5 nitrogen and oxygen atoms in total. The van der Waals surface area contributed by atoms with Gasteiger partial charge in [-0.15, -0.1) is 0 Å². The summed E-state index contributed by atoms with van der Waals surface area (Å²) in [5.74, 6) is -0.327. The second-order valence-electron chi connectivity index (χ2n) is 4.65. The van der Waals surface area contributed by atoms with Gasteiger partial charge >= 0.3 is 5.97 Å². The molecule has 0 bridgehead atoms. The summed E-state index contributed by atoms with van der Waals surface area (Å²) >= 11 is 0. The van der Waals surface area contributed by atoms with Gasteiger partial charge in [-0.25, -0.2) is 0 Å². The summed E-state index contributed by atoms with van der Waals surface area (Å²) in [6.07, 6.45) is 3.11. The Hall–Kier alpha value is -1.78. The molecule has 0 fully saturated rings. The van der Waals surface area contributed by atoms with Crippen LogP contribution < -0.4 is 5.32 Å². The number of aliphatic carboxylic acids is 1. The molecule has 0 aliphatic heterocycles. The highest BCUT2D eigenvalue weighted by atomic mass is 16.4. The van der Waals surface area contributed by atoms with E-state index >= 15 is 0 Å². The maximum absolute atomic E-state index is 11.8. The molecule has 0 spiro atoms. The van der Waals surface area contributed by atoms with Crippen LogP contribution in [0.4, 0.5) is 0 Å². The van der Waals surface area contributed by atoms with Gasteiger partial charge in [-0.05, 0) is 25.0 Å². The first kappa shape index (κ1) is 15.3. The van der Waals surface area contributed by atoms with Crippen molar-refractivity contribution in [2.45, 2.75) is 39.5 Å². The Kier molecular flexibility index (Phi) is 5.60. The molecule has 0 aromatic carbocycles. The monoisotopic (exact) mass is 267 g/mol. The zero-order chi connectivity index (χ0) is 14.3. The highest BCUT2D eigenvalue weighted by Gasteiger charge is 2.36. The first-order valence-corrected chi connectivity index (χ1v) is 6.56. The minimum atomic E-state index is -0.950. The van der Waals surface area contributed by atoms with Gasteiger partial charge in [-0.3, -0.25) is 9.59 Å². The number of carbonyl (C=O) groups is 2. The zero-order valence-electron chi connectivity index (χ0n) is 11.4.